The molecule has 0 bridgehead atoms. The van der Waals surface area contributed by atoms with Gasteiger partial charge in [0.2, 0.25) is 0 Å². The predicted molar refractivity (Wildman–Crippen MR) is 138 cm³/mol. The van der Waals surface area contributed by atoms with Gasteiger partial charge in [0.05, 0.1) is 13.7 Å². The molecule has 0 aliphatic rings. The van der Waals surface area contributed by atoms with E-state index < -0.39 is 7.05 Å². The van der Waals surface area contributed by atoms with E-state index in [9.17, 15) is 4.79 Å². The van der Waals surface area contributed by atoms with Crippen LogP contribution in [0.1, 0.15) is 12.0 Å². The van der Waals surface area contributed by atoms with Crippen molar-refractivity contribution < 1.29 is 9.53 Å². The minimum Gasteiger partial charge on any atom is -0.464 e. The third kappa shape index (κ3) is 5.69. The Bertz CT molecular complexity index is 1090. The van der Waals surface area contributed by atoms with Crippen LogP contribution in [0.2, 0.25) is 0 Å². The van der Waals surface area contributed by atoms with Crippen LogP contribution in [0.5, 0.6) is 0 Å². The van der Waals surface area contributed by atoms with Crippen molar-refractivity contribution in [3.05, 3.63) is 127 Å². The van der Waals surface area contributed by atoms with E-state index >= 15 is 0 Å². The van der Waals surface area contributed by atoms with E-state index in [1.807, 2.05) is 72.8 Å². The van der Waals surface area contributed by atoms with E-state index in [-0.39, 0.29) is 12.5 Å². The quantitative estimate of drug-likeness (QED) is 0.195. The van der Waals surface area contributed by atoms with Gasteiger partial charge in [-0.05, 0) is 18.4 Å². The Balaban J connectivity index is 1.60. The molecule has 0 aliphatic carbocycles. The first-order valence-electron chi connectivity index (χ1n) is 11.2. The molecule has 0 saturated heterocycles. The third-order valence-corrected chi connectivity index (χ3v) is 9.22. The van der Waals surface area contributed by atoms with E-state index in [1.165, 1.54) is 5.56 Å². The van der Waals surface area contributed by atoms with Gasteiger partial charge in [0, 0.05) is 15.9 Å². The van der Waals surface area contributed by atoms with E-state index in [1.54, 1.807) is 0 Å². The molecule has 0 N–H and O–H groups in total. The lowest BCUT2D eigenvalue weighted by molar-refractivity contribution is -0.141. The Morgan fingerprint density at radius 2 is 1.06 bits per heavy atom. The van der Waals surface area contributed by atoms with Crippen LogP contribution in [0, 0.1) is 0 Å². The predicted octanol–water partition coefficient (Wildman–Crippen LogP) is 5.34. The molecule has 3 nitrogen and oxygen atoms in total. The highest BCUT2D eigenvalue weighted by atomic mass is 31.2. The Hall–Kier alpha value is -3.42. The maximum absolute atomic E-state index is 12.7. The van der Waals surface area contributed by atoms with E-state index in [0.29, 0.717) is 6.61 Å². The van der Waals surface area contributed by atoms with Crippen LogP contribution in [0.4, 0.5) is 0 Å². The summed E-state index contributed by atoms with van der Waals surface area (Å²) in [5, 5.41) is 3.37. The number of rotatable bonds is 9. The van der Waals surface area contributed by atoms with Gasteiger partial charge in [0.15, 0.2) is 0 Å². The summed E-state index contributed by atoms with van der Waals surface area (Å²) >= 11 is 0. The van der Waals surface area contributed by atoms with Crippen molar-refractivity contribution in [2.24, 2.45) is 4.74 Å². The zero-order valence-corrected chi connectivity index (χ0v) is 19.5. The molecule has 0 spiro atoms. The summed E-state index contributed by atoms with van der Waals surface area (Å²) in [6, 6.07) is 41.2. The van der Waals surface area contributed by atoms with Crippen molar-refractivity contribution in [3.8, 4) is 0 Å². The smallest absolute Gasteiger partial charge is 0.327 e. The fourth-order valence-electron chi connectivity index (χ4n) is 3.94. The van der Waals surface area contributed by atoms with Gasteiger partial charge in [-0.1, -0.05) is 121 Å². The molecule has 4 aromatic rings. The molecular formula is C29H28NO2P. The molecule has 0 radical (unpaired) electrons. The largest absolute Gasteiger partial charge is 0.464 e. The van der Waals surface area contributed by atoms with Crippen molar-refractivity contribution in [2.75, 3.05) is 13.2 Å². The van der Waals surface area contributed by atoms with Gasteiger partial charge in [-0.2, -0.15) is 0 Å². The lowest BCUT2D eigenvalue weighted by Gasteiger charge is -2.26. The number of ether oxygens (including phenoxy) is 1. The van der Waals surface area contributed by atoms with Gasteiger partial charge in [0.25, 0.3) is 0 Å². The highest BCUT2D eigenvalue weighted by Crippen LogP contribution is 2.46. The molecule has 4 rings (SSSR count). The van der Waals surface area contributed by atoms with Crippen molar-refractivity contribution in [1.82, 2.24) is 0 Å². The fraction of sp³-hybridized carbons (Fsp3) is 0.138. The van der Waals surface area contributed by atoms with Crippen molar-refractivity contribution in [3.63, 3.8) is 0 Å². The molecule has 4 aromatic carbocycles. The molecule has 0 saturated carbocycles. The van der Waals surface area contributed by atoms with Crippen LogP contribution in [-0.2, 0) is 16.0 Å². The summed E-state index contributed by atoms with van der Waals surface area (Å²) in [6.07, 6.45) is 1.69. The molecule has 0 aromatic heterocycles. The summed E-state index contributed by atoms with van der Waals surface area (Å²) in [6.45, 7) is 0.425. The Kier molecular flexibility index (Phi) is 7.90. The third-order valence-electron chi connectivity index (χ3n) is 5.52. The fourth-order valence-corrected chi connectivity index (χ4v) is 7.46. The van der Waals surface area contributed by atoms with E-state index in [4.69, 9.17) is 9.48 Å². The molecule has 0 unspecified atom stereocenters. The minimum absolute atomic E-state index is 0.0256. The number of benzene rings is 4. The maximum atomic E-state index is 12.7. The molecule has 0 amide bonds. The standard InChI is InChI=1S/C29H28NO2P/c31-29(32-23-13-16-25-14-5-1-6-15-25)24-30-33(26-17-7-2-8-18-26,27-19-9-3-10-20-27)28-21-11-4-12-22-28/h1-12,14-15,17-22H,13,16,23-24H2. The number of nitrogens with zero attached hydrogens (tertiary/aromatic N) is 1. The lowest BCUT2D eigenvalue weighted by Crippen LogP contribution is -2.26. The first kappa shape index (κ1) is 22.8. The number of aryl methyl sites for hydroxylation is 1. The van der Waals surface area contributed by atoms with Crippen LogP contribution in [-0.4, -0.2) is 19.1 Å². The van der Waals surface area contributed by atoms with E-state index in [0.717, 1.165) is 28.8 Å². The second-order valence-electron chi connectivity index (χ2n) is 7.75. The number of carbonyl (C=O) groups excluding carboxylic acids is 1. The van der Waals surface area contributed by atoms with Crippen LogP contribution < -0.4 is 15.9 Å². The van der Waals surface area contributed by atoms with Crippen LogP contribution in [0.25, 0.3) is 0 Å². The molecule has 0 aliphatic heterocycles. The topological polar surface area (TPSA) is 38.7 Å². The maximum Gasteiger partial charge on any atom is 0.327 e. The minimum atomic E-state index is -2.37. The molecule has 33 heavy (non-hydrogen) atoms. The second kappa shape index (κ2) is 11.4. The molecule has 0 fully saturated rings. The summed E-state index contributed by atoms with van der Waals surface area (Å²) in [5.74, 6) is -0.282. The zero-order chi connectivity index (χ0) is 22.8. The van der Waals surface area contributed by atoms with Gasteiger partial charge < -0.3 is 4.74 Å². The first-order chi connectivity index (χ1) is 16.3. The van der Waals surface area contributed by atoms with Gasteiger partial charge in [0.1, 0.15) is 6.54 Å². The Morgan fingerprint density at radius 3 is 1.52 bits per heavy atom. The average Bonchev–Trinajstić information content (AvgIpc) is 2.89. The van der Waals surface area contributed by atoms with Gasteiger partial charge in [-0.15, -0.1) is 0 Å². The SMILES string of the molecule is O=C(CN=P(c1ccccc1)(c1ccccc1)c1ccccc1)OCCCc1ccccc1. The van der Waals surface area contributed by atoms with Crippen LogP contribution in [0.3, 0.4) is 0 Å². The van der Waals surface area contributed by atoms with Gasteiger partial charge in [-0.25, -0.2) is 0 Å². The van der Waals surface area contributed by atoms with Crippen molar-refractivity contribution in [2.45, 2.75) is 12.8 Å². The highest BCUT2D eigenvalue weighted by Gasteiger charge is 2.27. The van der Waals surface area contributed by atoms with Gasteiger partial charge in [-0.3, -0.25) is 9.54 Å². The summed E-state index contributed by atoms with van der Waals surface area (Å²) < 4.78 is 10.7. The molecule has 0 heterocycles. The summed E-state index contributed by atoms with van der Waals surface area (Å²) in [7, 11) is -2.37. The first-order valence-corrected chi connectivity index (χ1v) is 13.0. The summed E-state index contributed by atoms with van der Waals surface area (Å²) in [4.78, 5) is 12.7. The average molecular weight is 454 g/mol. The Morgan fingerprint density at radius 1 is 0.636 bits per heavy atom. The zero-order valence-electron chi connectivity index (χ0n) is 18.6. The highest BCUT2D eigenvalue weighted by molar-refractivity contribution is 7.87. The van der Waals surface area contributed by atoms with Gasteiger partial charge >= 0.3 is 5.97 Å². The van der Waals surface area contributed by atoms with Crippen molar-refractivity contribution >= 4 is 28.9 Å². The molecule has 166 valence electrons. The second-order valence-corrected chi connectivity index (χ2v) is 10.9. The van der Waals surface area contributed by atoms with Crippen LogP contribution >= 0.6 is 7.05 Å². The monoisotopic (exact) mass is 453 g/mol. The summed E-state index contributed by atoms with van der Waals surface area (Å²) in [5.41, 5.74) is 1.25. The van der Waals surface area contributed by atoms with E-state index in [2.05, 4.69) is 48.5 Å². The normalized spacial score (nSPS) is 11.0. The Labute approximate surface area is 196 Å². The number of carbonyl (C=O) groups is 1. The number of hydrogen-bond donors (Lipinski definition) is 0. The molecular weight excluding hydrogens is 425 g/mol. The lowest BCUT2D eigenvalue weighted by atomic mass is 10.1. The molecule has 0 atom stereocenters. The van der Waals surface area contributed by atoms with Crippen LogP contribution in [0.15, 0.2) is 126 Å². The number of esters is 1. The molecule has 4 heteroatoms. The number of hydrogen-bond acceptors (Lipinski definition) is 3. The van der Waals surface area contributed by atoms with Crippen molar-refractivity contribution in [1.29, 1.82) is 0 Å².